The highest BCUT2D eigenvalue weighted by molar-refractivity contribution is 5.76. The Morgan fingerprint density at radius 1 is 1.40 bits per heavy atom. The van der Waals surface area contributed by atoms with Gasteiger partial charge in [0.1, 0.15) is 5.75 Å². The number of hydrogen-bond acceptors (Lipinski definition) is 3. The van der Waals surface area contributed by atoms with Crippen molar-refractivity contribution in [3.63, 3.8) is 0 Å². The van der Waals surface area contributed by atoms with Crippen LogP contribution in [-0.2, 0) is 4.79 Å². The average molecular weight is 279 g/mol. The number of carbonyl (C=O) groups is 1. The molecule has 112 valence electrons. The van der Waals surface area contributed by atoms with Crippen molar-refractivity contribution in [1.82, 2.24) is 4.90 Å². The van der Waals surface area contributed by atoms with Crippen molar-refractivity contribution in [2.24, 2.45) is 0 Å². The molecule has 0 heterocycles. The predicted molar refractivity (Wildman–Crippen MR) is 80.0 cm³/mol. The number of rotatable bonds is 7. The van der Waals surface area contributed by atoms with Gasteiger partial charge in [-0.2, -0.15) is 0 Å². The molecule has 0 aliphatic heterocycles. The first-order valence-corrected chi connectivity index (χ1v) is 7.00. The first-order valence-electron chi connectivity index (χ1n) is 7.00. The molecule has 2 atom stereocenters. The highest BCUT2D eigenvalue weighted by Crippen LogP contribution is 2.23. The van der Waals surface area contributed by atoms with E-state index in [1.807, 2.05) is 31.2 Å². The van der Waals surface area contributed by atoms with Gasteiger partial charge in [0, 0.05) is 20.0 Å². The van der Waals surface area contributed by atoms with E-state index in [4.69, 9.17) is 4.74 Å². The lowest BCUT2D eigenvalue weighted by Crippen LogP contribution is -2.30. The molecule has 0 aliphatic rings. The van der Waals surface area contributed by atoms with Crippen molar-refractivity contribution in [3.8, 4) is 5.75 Å². The summed E-state index contributed by atoms with van der Waals surface area (Å²) in [5, 5.41) is 9.25. The molecule has 1 aromatic rings. The van der Waals surface area contributed by atoms with Gasteiger partial charge >= 0.3 is 0 Å². The van der Waals surface area contributed by atoms with Crippen LogP contribution in [0.2, 0.25) is 0 Å². The maximum atomic E-state index is 12.1. The van der Waals surface area contributed by atoms with Gasteiger partial charge in [0.15, 0.2) is 0 Å². The monoisotopic (exact) mass is 279 g/mol. The molecule has 0 saturated carbocycles. The third-order valence-corrected chi connectivity index (χ3v) is 3.45. The largest absolute Gasteiger partial charge is 0.497 e. The molecule has 0 radical (unpaired) electrons. The topological polar surface area (TPSA) is 49.8 Å². The van der Waals surface area contributed by atoms with Crippen molar-refractivity contribution < 1.29 is 14.6 Å². The van der Waals surface area contributed by atoms with Gasteiger partial charge < -0.3 is 14.7 Å². The van der Waals surface area contributed by atoms with E-state index in [9.17, 15) is 9.90 Å². The number of hydrogen-bond donors (Lipinski definition) is 1. The Bertz CT molecular complexity index is 431. The minimum Gasteiger partial charge on any atom is -0.497 e. The van der Waals surface area contributed by atoms with Crippen LogP contribution in [0.5, 0.6) is 5.75 Å². The quantitative estimate of drug-likeness (QED) is 0.834. The molecule has 1 aromatic carbocycles. The van der Waals surface area contributed by atoms with Gasteiger partial charge in [0.25, 0.3) is 0 Å². The zero-order valence-electron chi connectivity index (χ0n) is 12.8. The Morgan fingerprint density at radius 2 is 2.10 bits per heavy atom. The molecule has 0 fully saturated rings. The number of ether oxygens (including phenoxy) is 1. The predicted octanol–water partition coefficient (Wildman–Crippen LogP) is 2.42. The second-order valence-electron chi connectivity index (χ2n) is 5.33. The number of benzene rings is 1. The van der Waals surface area contributed by atoms with Crippen LogP contribution in [-0.4, -0.2) is 42.7 Å². The van der Waals surface area contributed by atoms with Gasteiger partial charge in [0.2, 0.25) is 5.91 Å². The molecule has 0 spiro atoms. The third kappa shape index (κ3) is 5.21. The van der Waals surface area contributed by atoms with E-state index in [0.29, 0.717) is 19.4 Å². The van der Waals surface area contributed by atoms with Gasteiger partial charge in [-0.1, -0.05) is 19.1 Å². The molecule has 2 unspecified atom stereocenters. The van der Waals surface area contributed by atoms with Crippen LogP contribution in [0.1, 0.15) is 38.2 Å². The smallest absolute Gasteiger partial charge is 0.222 e. The number of nitrogens with zero attached hydrogens (tertiary/aromatic N) is 1. The first kappa shape index (κ1) is 16.5. The summed E-state index contributed by atoms with van der Waals surface area (Å²) in [6.45, 7) is 4.35. The standard InChI is InChI=1S/C16H25NO3/c1-12(14-6-5-7-15(11-14)20-4)10-16(19)17(3)9-8-13(2)18/h5-7,11-13,18H,8-10H2,1-4H3. The Labute approximate surface area is 121 Å². The fourth-order valence-electron chi connectivity index (χ4n) is 1.99. The van der Waals surface area contributed by atoms with E-state index < -0.39 is 0 Å². The molecule has 4 heteroatoms. The summed E-state index contributed by atoms with van der Waals surface area (Å²) in [4.78, 5) is 13.8. The van der Waals surface area contributed by atoms with Crippen LogP contribution in [0, 0.1) is 0 Å². The van der Waals surface area contributed by atoms with Crippen molar-refractivity contribution >= 4 is 5.91 Å². The molecule has 4 nitrogen and oxygen atoms in total. The summed E-state index contributed by atoms with van der Waals surface area (Å²) in [7, 11) is 3.42. The molecule has 0 aliphatic carbocycles. The third-order valence-electron chi connectivity index (χ3n) is 3.45. The maximum absolute atomic E-state index is 12.1. The fraction of sp³-hybridized carbons (Fsp3) is 0.562. The van der Waals surface area contributed by atoms with Gasteiger partial charge in [0.05, 0.1) is 13.2 Å². The number of methoxy groups -OCH3 is 1. The number of amides is 1. The SMILES string of the molecule is COc1cccc(C(C)CC(=O)N(C)CCC(C)O)c1. The van der Waals surface area contributed by atoms with Gasteiger partial charge in [-0.3, -0.25) is 4.79 Å². The lowest BCUT2D eigenvalue weighted by Gasteiger charge is -2.20. The van der Waals surface area contributed by atoms with Crippen molar-refractivity contribution in [2.75, 3.05) is 20.7 Å². The second-order valence-corrected chi connectivity index (χ2v) is 5.33. The second kappa shape index (κ2) is 7.90. The Balaban J connectivity index is 2.55. The summed E-state index contributed by atoms with van der Waals surface area (Å²) in [5.74, 6) is 1.05. The Morgan fingerprint density at radius 3 is 2.70 bits per heavy atom. The number of aliphatic hydroxyl groups is 1. The Hall–Kier alpha value is -1.55. The maximum Gasteiger partial charge on any atom is 0.222 e. The lowest BCUT2D eigenvalue weighted by atomic mass is 9.97. The normalized spacial score (nSPS) is 13.7. The van der Waals surface area contributed by atoms with Crippen LogP contribution < -0.4 is 4.74 Å². The molecule has 0 saturated heterocycles. The van der Waals surface area contributed by atoms with Crippen LogP contribution in [0.25, 0.3) is 0 Å². The van der Waals surface area contributed by atoms with Crippen molar-refractivity contribution in [3.05, 3.63) is 29.8 Å². The van der Waals surface area contributed by atoms with E-state index in [1.165, 1.54) is 0 Å². The minimum atomic E-state index is -0.374. The summed E-state index contributed by atoms with van der Waals surface area (Å²) in [5.41, 5.74) is 1.10. The van der Waals surface area contributed by atoms with E-state index in [0.717, 1.165) is 11.3 Å². The van der Waals surface area contributed by atoms with Crippen LogP contribution >= 0.6 is 0 Å². The molecule has 0 aromatic heterocycles. The van der Waals surface area contributed by atoms with Crippen LogP contribution in [0.3, 0.4) is 0 Å². The van der Waals surface area contributed by atoms with E-state index >= 15 is 0 Å². The van der Waals surface area contributed by atoms with Gasteiger partial charge in [-0.05, 0) is 37.0 Å². The highest BCUT2D eigenvalue weighted by Gasteiger charge is 2.15. The van der Waals surface area contributed by atoms with Gasteiger partial charge in [-0.15, -0.1) is 0 Å². The Kier molecular flexibility index (Phi) is 6.52. The summed E-state index contributed by atoms with van der Waals surface area (Å²) in [6.07, 6.45) is 0.695. The van der Waals surface area contributed by atoms with E-state index in [2.05, 4.69) is 0 Å². The summed E-state index contributed by atoms with van der Waals surface area (Å²) >= 11 is 0. The van der Waals surface area contributed by atoms with Crippen LogP contribution in [0.4, 0.5) is 0 Å². The summed E-state index contributed by atoms with van der Waals surface area (Å²) in [6, 6.07) is 7.81. The fourth-order valence-corrected chi connectivity index (χ4v) is 1.99. The molecular weight excluding hydrogens is 254 g/mol. The van der Waals surface area contributed by atoms with Crippen molar-refractivity contribution in [1.29, 1.82) is 0 Å². The zero-order valence-corrected chi connectivity index (χ0v) is 12.8. The summed E-state index contributed by atoms with van der Waals surface area (Å²) < 4.78 is 5.20. The molecule has 20 heavy (non-hydrogen) atoms. The lowest BCUT2D eigenvalue weighted by molar-refractivity contribution is -0.130. The van der Waals surface area contributed by atoms with Crippen molar-refractivity contribution in [2.45, 2.75) is 38.7 Å². The van der Waals surface area contributed by atoms with Crippen LogP contribution in [0.15, 0.2) is 24.3 Å². The minimum absolute atomic E-state index is 0.0981. The highest BCUT2D eigenvalue weighted by atomic mass is 16.5. The molecule has 1 N–H and O–H groups in total. The zero-order chi connectivity index (χ0) is 15.1. The molecular formula is C16H25NO3. The van der Waals surface area contributed by atoms with Gasteiger partial charge in [-0.25, -0.2) is 0 Å². The molecule has 0 bridgehead atoms. The average Bonchev–Trinajstić information content (AvgIpc) is 2.44. The van der Waals surface area contributed by atoms with E-state index in [-0.39, 0.29) is 17.9 Å². The number of carbonyl (C=O) groups excluding carboxylic acids is 1. The first-order chi connectivity index (χ1) is 9.43. The molecule has 1 rings (SSSR count). The molecule has 1 amide bonds. The van der Waals surface area contributed by atoms with E-state index in [1.54, 1.807) is 26.0 Å². The number of aliphatic hydroxyl groups excluding tert-OH is 1.